The topological polar surface area (TPSA) is 95.3 Å². The molecule has 27 heavy (non-hydrogen) atoms. The predicted octanol–water partition coefficient (Wildman–Crippen LogP) is 1.19. The number of hydrogen-bond acceptors (Lipinski definition) is 5. The van der Waals surface area contributed by atoms with Crippen molar-refractivity contribution in [2.24, 2.45) is 5.92 Å². The molecule has 0 bridgehead atoms. The van der Waals surface area contributed by atoms with Gasteiger partial charge in [0, 0.05) is 37.7 Å². The van der Waals surface area contributed by atoms with E-state index < -0.39 is 0 Å². The van der Waals surface area contributed by atoms with Crippen LogP contribution in [0, 0.1) is 5.92 Å². The Hall–Kier alpha value is -2.67. The van der Waals surface area contributed by atoms with Crippen LogP contribution in [-0.2, 0) is 11.3 Å². The summed E-state index contributed by atoms with van der Waals surface area (Å²) in [4.78, 5) is 35.2. The first-order valence-corrected chi connectivity index (χ1v) is 9.41. The van der Waals surface area contributed by atoms with Gasteiger partial charge in [-0.1, -0.05) is 30.3 Å². The smallest absolute Gasteiger partial charge is 0.252 e. The SMILES string of the molecule is CN(Cc1cc(=O)[nH]c(N)n1)C1CCN(C(=O)C2CC2c2ccccc2)C1. The third-order valence-electron chi connectivity index (χ3n) is 5.66. The second-order valence-electron chi connectivity index (χ2n) is 7.62. The first-order chi connectivity index (χ1) is 13.0. The molecule has 3 atom stereocenters. The van der Waals surface area contributed by atoms with Crippen molar-refractivity contribution >= 4 is 11.9 Å². The van der Waals surface area contributed by atoms with Gasteiger partial charge in [0.1, 0.15) is 0 Å². The summed E-state index contributed by atoms with van der Waals surface area (Å²) in [5.41, 5.74) is 7.29. The Kier molecular flexibility index (Phi) is 4.70. The number of nitrogens with two attached hydrogens (primary N) is 1. The molecule has 3 unspecified atom stereocenters. The Labute approximate surface area is 158 Å². The number of carbonyl (C=O) groups excluding carboxylic acids is 1. The van der Waals surface area contributed by atoms with Gasteiger partial charge in [-0.05, 0) is 31.4 Å². The molecule has 0 spiro atoms. The molecule has 2 heterocycles. The molecule has 2 aromatic rings. The highest BCUT2D eigenvalue weighted by Crippen LogP contribution is 2.48. The molecule has 2 aliphatic rings. The predicted molar refractivity (Wildman–Crippen MR) is 103 cm³/mol. The fourth-order valence-electron chi connectivity index (χ4n) is 4.07. The van der Waals surface area contributed by atoms with Crippen LogP contribution in [0.2, 0.25) is 0 Å². The van der Waals surface area contributed by atoms with E-state index in [0.717, 1.165) is 25.9 Å². The highest BCUT2D eigenvalue weighted by Gasteiger charge is 2.46. The molecule has 2 fully saturated rings. The third kappa shape index (κ3) is 3.88. The molecule has 1 aromatic heterocycles. The average molecular weight is 367 g/mol. The van der Waals surface area contributed by atoms with Crippen LogP contribution in [0.5, 0.6) is 0 Å². The number of amides is 1. The zero-order valence-corrected chi connectivity index (χ0v) is 15.5. The van der Waals surface area contributed by atoms with Crippen molar-refractivity contribution in [2.45, 2.75) is 31.3 Å². The molecule has 1 aliphatic heterocycles. The molecule has 1 amide bonds. The summed E-state index contributed by atoms with van der Waals surface area (Å²) in [7, 11) is 2.00. The average Bonchev–Trinajstić information content (AvgIpc) is 3.28. The maximum absolute atomic E-state index is 12.8. The lowest BCUT2D eigenvalue weighted by Crippen LogP contribution is -2.37. The zero-order chi connectivity index (χ0) is 19.0. The summed E-state index contributed by atoms with van der Waals surface area (Å²) < 4.78 is 0. The standard InChI is InChI=1S/C20H25N5O2/c1-24(11-14-9-18(26)23-20(21)22-14)15-7-8-25(12-15)19(27)17-10-16(17)13-5-3-2-4-6-13/h2-6,9,15-17H,7-8,10-12H2,1H3,(H3,21,22,23,26). The van der Waals surface area contributed by atoms with Crippen molar-refractivity contribution in [3.63, 3.8) is 0 Å². The molecule has 4 rings (SSSR count). The molecular weight excluding hydrogens is 342 g/mol. The second kappa shape index (κ2) is 7.15. The molecule has 7 heteroatoms. The summed E-state index contributed by atoms with van der Waals surface area (Å²) in [5, 5.41) is 0. The van der Waals surface area contributed by atoms with Crippen molar-refractivity contribution in [1.29, 1.82) is 0 Å². The molecule has 1 aromatic carbocycles. The molecular formula is C20H25N5O2. The van der Waals surface area contributed by atoms with Crippen LogP contribution in [0.15, 0.2) is 41.2 Å². The van der Waals surface area contributed by atoms with Gasteiger partial charge in [-0.25, -0.2) is 4.98 Å². The van der Waals surface area contributed by atoms with Crippen LogP contribution in [-0.4, -0.2) is 51.9 Å². The Morgan fingerprint density at radius 3 is 2.89 bits per heavy atom. The van der Waals surface area contributed by atoms with Gasteiger partial charge in [-0.3, -0.25) is 19.5 Å². The Morgan fingerprint density at radius 1 is 1.37 bits per heavy atom. The largest absolute Gasteiger partial charge is 0.369 e. The minimum absolute atomic E-state index is 0.130. The number of H-pyrrole nitrogens is 1. The second-order valence-corrected chi connectivity index (χ2v) is 7.62. The van der Waals surface area contributed by atoms with Gasteiger partial charge in [0.05, 0.1) is 5.69 Å². The van der Waals surface area contributed by atoms with Crippen LogP contribution >= 0.6 is 0 Å². The lowest BCUT2D eigenvalue weighted by Gasteiger charge is -2.24. The first-order valence-electron chi connectivity index (χ1n) is 9.41. The minimum Gasteiger partial charge on any atom is -0.369 e. The maximum atomic E-state index is 12.8. The highest BCUT2D eigenvalue weighted by molar-refractivity contribution is 5.83. The van der Waals surface area contributed by atoms with E-state index in [1.165, 1.54) is 11.6 Å². The number of rotatable bonds is 5. The summed E-state index contributed by atoms with van der Waals surface area (Å²) in [6, 6.07) is 12.0. The number of aromatic nitrogens is 2. The van der Waals surface area contributed by atoms with E-state index in [1.807, 2.05) is 30.1 Å². The lowest BCUT2D eigenvalue weighted by atomic mass is 10.1. The van der Waals surface area contributed by atoms with Crippen molar-refractivity contribution in [1.82, 2.24) is 19.8 Å². The van der Waals surface area contributed by atoms with Gasteiger partial charge in [0.2, 0.25) is 11.9 Å². The van der Waals surface area contributed by atoms with Gasteiger partial charge < -0.3 is 10.6 Å². The number of likely N-dealkylation sites (tertiary alicyclic amines) is 1. The van der Waals surface area contributed by atoms with E-state index in [9.17, 15) is 9.59 Å². The van der Waals surface area contributed by atoms with Crippen LogP contribution in [0.25, 0.3) is 0 Å². The van der Waals surface area contributed by atoms with Crippen molar-refractivity contribution < 1.29 is 4.79 Å². The van der Waals surface area contributed by atoms with Gasteiger partial charge >= 0.3 is 0 Å². The number of nitrogens with zero attached hydrogens (tertiary/aromatic N) is 3. The summed E-state index contributed by atoms with van der Waals surface area (Å²) in [6.45, 7) is 2.06. The molecule has 7 nitrogen and oxygen atoms in total. The van der Waals surface area contributed by atoms with E-state index in [1.54, 1.807) is 0 Å². The summed E-state index contributed by atoms with van der Waals surface area (Å²) in [5.74, 6) is 0.914. The van der Waals surface area contributed by atoms with E-state index in [0.29, 0.717) is 18.2 Å². The van der Waals surface area contributed by atoms with Crippen molar-refractivity contribution in [2.75, 3.05) is 25.9 Å². The fraction of sp³-hybridized carbons (Fsp3) is 0.450. The quantitative estimate of drug-likeness (QED) is 0.828. The first kappa shape index (κ1) is 17.7. The lowest BCUT2D eigenvalue weighted by molar-refractivity contribution is -0.131. The molecule has 1 saturated heterocycles. The number of hydrogen-bond donors (Lipinski definition) is 2. The van der Waals surface area contributed by atoms with Gasteiger partial charge in [0.15, 0.2) is 0 Å². The molecule has 0 radical (unpaired) electrons. The molecule has 1 saturated carbocycles. The van der Waals surface area contributed by atoms with E-state index in [-0.39, 0.29) is 29.4 Å². The number of nitrogens with one attached hydrogen (secondary N) is 1. The molecule has 142 valence electrons. The molecule has 1 aliphatic carbocycles. The number of aromatic amines is 1. The van der Waals surface area contributed by atoms with Gasteiger partial charge in [-0.2, -0.15) is 0 Å². The monoisotopic (exact) mass is 367 g/mol. The summed E-state index contributed by atoms with van der Waals surface area (Å²) >= 11 is 0. The van der Waals surface area contributed by atoms with Crippen LogP contribution in [0.3, 0.4) is 0 Å². The number of nitrogen functional groups attached to an aromatic ring is 1. The van der Waals surface area contributed by atoms with Gasteiger partial charge in [-0.15, -0.1) is 0 Å². The van der Waals surface area contributed by atoms with Crippen molar-refractivity contribution in [3.8, 4) is 0 Å². The Bertz CT molecular complexity index is 881. The van der Waals surface area contributed by atoms with Crippen molar-refractivity contribution in [3.05, 3.63) is 58.0 Å². The summed E-state index contributed by atoms with van der Waals surface area (Å²) in [6.07, 6.45) is 1.89. The van der Waals surface area contributed by atoms with E-state index in [4.69, 9.17) is 5.73 Å². The number of carbonyl (C=O) groups is 1. The van der Waals surface area contributed by atoms with E-state index >= 15 is 0 Å². The molecule has 3 N–H and O–H groups in total. The number of likely N-dealkylation sites (N-methyl/N-ethyl adjacent to an activating group) is 1. The van der Waals surface area contributed by atoms with Crippen LogP contribution < -0.4 is 11.3 Å². The fourth-order valence-corrected chi connectivity index (χ4v) is 4.07. The Morgan fingerprint density at radius 2 is 2.15 bits per heavy atom. The minimum atomic E-state index is -0.241. The number of anilines is 1. The third-order valence-corrected chi connectivity index (χ3v) is 5.66. The Balaban J connectivity index is 1.33. The normalized spacial score (nSPS) is 24.4. The maximum Gasteiger partial charge on any atom is 0.252 e. The highest BCUT2D eigenvalue weighted by atomic mass is 16.2. The zero-order valence-electron chi connectivity index (χ0n) is 15.5. The number of benzene rings is 1. The van der Waals surface area contributed by atoms with Crippen LogP contribution in [0.4, 0.5) is 5.95 Å². The van der Waals surface area contributed by atoms with E-state index in [2.05, 4.69) is 27.0 Å². The van der Waals surface area contributed by atoms with Gasteiger partial charge in [0.25, 0.3) is 5.56 Å². The van der Waals surface area contributed by atoms with Crippen LogP contribution in [0.1, 0.15) is 30.0 Å².